The van der Waals surface area contributed by atoms with Crippen LogP contribution in [0.5, 0.6) is 0 Å². The van der Waals surface area contributed by atoms with Crippen molar-refractivity contribution < 1.29 is 24.1 Å². The van der Waals surface area contributed by atoms with Crippen LogP contribution in [0.3, 0.4) is 0 Å². The summed E-state index contributed by atoms with van der Waals surface area (Å²) in [5.74, 6) is -1.40. The predicted octanol–water partition coefficient (Wildman–Crippen LogP) is 0.587. The van der Waals surface area contributed by atoms with Crippen LogP contribution in [0.25, 0.3) is 0 Å². The molecule has 0 bridgehead atoms. The molecule has 1 saturated heterocycles. The smallest absolute Gasteiger partial charge is 0.360 e. The van der Waals surface area contributed by atoms with Crippen LogP contribution in [0.1, 0.15) is 6.42 Å². The minimum Gasteiger partial charge on any atom is -0.477 e. The molecule has 0 saturated carbocycles. The van der Waals surface area contributed by atoms with E-state index in [-0.39, 0.29) is 40.6 Å². The lowest BCUT2D eigenvalue weighted by Gasteiger charge is -2.27. The quantitative estimate of drug-likeness (QED) is 0.158. The summed E-state index contributed by atoms with van der Waals surface area (Å²) in [5.41, 5.74) is 0.154. The average molecular weight is 412 g/mol. The number of nitro benzene ring substituents is 1. The van der Waals surface area contributed by atoms with Crippen molar-refractivity contribution in [2.75, 3.05) is 31.5 Å². The van der Waals surface area contributed by atoms with Gasteiger partial charge in [0.05, 0.1) is 11.5 Å². The van der Waals surface area contributed by atoms with E-state index in [4.69, 9.17) is 29.5 Å². The van der Waals surface area contributed by atoms with Gasteiger partial charge in [-0.2, -0.15) is 4.48 Å². The van der Waals surface area contributed by atoms with Gasteiger partial charge in [0.2, 0.25) is 0 Å². The van der Waals surface area contributed by atoms with Gasteiger partial charge in [-0.1, -0.05) is 12.1 Å². The van der Waals surface area contributed by atoms with Crippen LogP contribution in [0.4, 0.5) is 11.4 Å². The molecule has 0 aromatic heterocycles. The molecule has 4 N–H and O–H groups in total. The van der Waals surface area contributed by atoms with Crippen molar-refractivity contribution in [1.29, 1.82) is 0 Å². The lowest BCUT2D eigenvalue weighted by molar-refractivity contribution is -0.749. The van der Waals surface area contributed by atoms with Gasteiger partial charge in [0.25, 0.3) is 10.8 Å². The molecule has 1 aromatic rings. The molecule has 1 unspecified atom stereocenters. The van der Waals surface area contributed by atoms with E-state index in [1.807, 2.05) is 0 Å². The van der Waals surface area contributed by atoms with Crippen LogP contribution < -0.4 is 16.0 Å². The van der Waals surface area contributed by atoms with Gasteiger partial charge in [0, 0.05) is 31.2 Å². The summed E-state index contributed by atoms with van der Waals surface area (Å²) in [5, 5.41) is 28.8. The van der Waals surface area contributed by atoms with Gasteiger partial charge in [0.15, 0.2) is 11.7 Å². The Kier molecular flexibility index (Phi) is 6.71. The highest BCUT2D eigenvalue weighted by Gasteiger charge is 2.48. The van der Waals surface area contributed by atoms with Crippen molar-refractivity contribution in [3.63, 3.8) is 0 Å². The van der Waals surface area contributed by atoms with Gasteiger partial charge >= 0.3 is 11.9 Å². The Morgan fingerprint density at radius 1 is 1.41 bits per heavy atom. The largest absolute Gasteiger partial charge is 0.477 e. The summed E-state index contributed by atoms with van der Waals surface area (Å²) in [6.07, 6.45) is 0.416. The second-order valence-electron chi connectivity index (χ2n) is 5.80. The van der Waals surface area contributed by atoms with Gasteiger partial charge < -0.3 is 21.1 Å². The normalized spacial score (nSPS) is 18.7. The number of rotatable bonds is 8. The molecule has 1 aliphatic rings. The van der Waals surface area contributed by atoms with E-state index in [0.29, 0.717) is 13.0 Å². The maximum absolute atomic E-state index is 12.1. The zero-order chi connectivity index (χ0) is 20.0. The molecule has 1 amide bonds. The van der Waals surface area contributed by atoms with E-state index < -0.39 is 21.9 Å². The molecule has 0 aliphatic carbocycles. The number of nitrogens with zero attached hydrogens (tertiary/aromatic N) is 2. The zero-order valence-electron chi connectivity index (χ0n) is 14.1. The van der Waals surface area contributed by atoms with Crippen LogP contribution in [-0.4, -0.2) is 62.8 Å². The number of benzene rings is 1. The zero-order valence-corrected chi connectivity index (χ0v) is 15.8. The van der Waals surface area contributed by atoms with Crippen LogP contribution >= 0.6 is 24.4 Å². The number of quaternary nitrogens is 1. The second kappa shape index (κ2) is 8.79. The van der Waals surface area contributed by atoms with Crippen molar-refractivity contribution in [2.24, 2.45) is 0 Å². The Bertz CT molecular complexity index is 785. The minimum absolute atomic E-state index is 0.0111. The number of carbonyl (C=O) groups is 2. The van der Waals surface area contributed by atoms with Crippen LogP contribution in [0, 0.1) is 10.1 Å². The number of carboxylic acids is 1. The molecular formula is C15H18N5O5S2+. The molecule has 1 atom stereocenters. The summed E-state index contributed by atoms with van der Waals surface area (Å²) in [6.45, 7) is 0.140. The Hall–Kier alpha value is -2.70. The number of hydrogen-bond acceptors (Lipinski definition) is 6. The number of aliphatic carboxylic acids is 1. The van der Waals surface area contributed by atoms with Gasteiger partial charge in [0.1, 0.15) is 12.2 Å². The number of carboxylic acid groups (broad SMARTS) is 1. The van der Waals surface area contributed by atoms with E-state index >= 15 is 0 Å². The summed E-state index contributed by atoms with van der Waals surface area (Å²) in [4.78, 5) is 33.8. The Labute approximate surface area is 165 Å². The molecule has 1 heterocycles. The summed E-state index contributed by atoms with van der Waals surface area (Å²) in [7, 11) is 0. The Morgan fingerprint density at radius 3 is 2.70 bits per heavy atom. The summed E-state index contributed by atoms with van der Waals surface area (Å²) < 4.78 is -0.420. The maximum Gasteiger partial charge on any atom is 0.360 e. The number of anilines is 1. The van der Waals surface area contributed by atoms with Gasteiger partial charge in [-0.05, 0) is 18.3 Å². The molecule has 0 spiro atoms. The Balaban J connectivity index is 1.89. The molecule has 10 nitrogen and oxygen atoms in total. The van der Waals surface area contributed by atoms with Crippen LogP contribution in [0.2, 0.25) is 0 Å². The second-order valence-corrected chi connectivity index (χ2v) is 6.60. The van der Waals surface area contributed by atoms with E-state index in [9.17, 15) is 19.7 Å². The molecule has 1 fully saturated rings. The van der Waals surface area contributed by atoms with E-state index in [2.05, 4.69) is 16.0 Å². The third-order valence-corrected chi connectivity index (χ3v) is 4.75. The average Bonchev–Trinajstić information content (AvgIpc) is 2.87. The first-order valence-electron chi connectivity index (χ1n) is 7.95. The number of para-hydroxylation sites is 2. The highest BCUT2D eigenvalue weighted by atomic mass is 32.1. The first kappa shape index (κ1) is 20.6. The van der Waals surface area contributed by atoms with Gasteiger partial charge in [-0.3, -0.25) is 10.1 Å². The lowest BCUT2D eigenvalue weighted by Crippen LogP contribution is -2.57. The highest BCUT2D eigenvalue weighted by Crippen LogP contribution is 2.23. The third-order valence-electron chi connectivity index (χ3n) is 4.01. The topological polar surface area (TPSA) is 134 Å². The fourth-order valence-electron chi connectivity index (χ4n) is 2.72. The number of nitrogens with one attached hydrogen (secondary N) is 3. The van der Waals surface area contributed by atoms with Crippen LogP contribution in [0.15, 0.2) is 24.3 Å². The predicted molar refractivity (Wildman–Crippen MR) is 105 cm³/mol. The fraction of sp³-hybridized carbons (Fsp3) is 0.333. The van der Waals surface area contributed by atoms with Crippen molar-refractivity contribution in [1.82, 2.24) is 10.6 Å². The third kappa shape index (κ3) is 4.93. The highest BCUT2D eigenvalue weighted by molar-refractivity contribution is 7.80. The van der Waals surface area contributed by atoms with Crippen molar-refractivity contribution in [2.45, 2.75) is 6.42 Å². The number of nitro groups is 1. The molecule has 0 radical (unpaired) electrons. The molecule has 12 heteroatoms. The number of thiocarbonyl (C=S) groups is 2. The van der Waals surface area contributed by atoms with E-state index in [1.165, 1.54) is 12.1 Å². The molecular weight excluding hydrogens is 394 g/mol. The lowest BCUT2D eigenvalue weighted by atomic mass is 10.2. The van der Waals surface area contributed by atoms with Crippen LogP contribution in [-0.2, 0) is 9.59 Å². The van der Waals surface area contributed by atoms with E-state index in [0.717, 1.165) is 0 Å². The molecule has 1 aliphatic heterocycles. The van der Waals surface area contributed by atoms with Gasteiger partial charge in [-0.25, -0.2) is 9.59 Å². The molecule has 2 rings (SSSR count). The summed E-state index contributed by atoms with van der Waals surface area (Å²) in [6, 6.07) is 6.09. The number of amides is 1. The Morgan fingerprint density at radius 2 is 2.11 bits per heavy atom. The minimum atomic E-state index is -1.11. The molecule has 1 aromatic carbocycles. The monoisotopic (exact) mass is 412 g/mol. The fourth-order valence-corrected chi connectivity index (χ4v) is 3.26. The van der Waals surface area contributed by atoms with Crippen molar-refractivity contribution >= 4 is 57.9 Å². The molecule has 27 heavy (non-hydrogen) atoms. The van der Waals surface area contributed by atoms with Crippen molar-refractivity contribution in [3.05, 3.63) is 34.4 Å². The molecule has 144 valence electrons. The first-order valence-corrected chi connectivity index (χ1v) is 8.77. The SMILES string of the molecule is O=C(O)C[N+]1(CCCNC(=S)Nc2ccccc2[N+](=O)[O-])C(=O)CNC1=S. The van der Waals surface area contributed by atoms with Gasteiger partial charge in [-0.15, -0.1) is 0 Å². The first-order chi connectivity index (χ1) is 12.8. The number of hydrogen-bond donors (Lipinski definition) is 4. The maximum atomic E-state index is 12.1. The standard InChI is InChI=1S/C15H17N5O5S2/c21-12-8-17-15(27)20(12,9-13(22)23)7-3-6-16-14(26)18-10-4-1-2-5-11(10)19(24)25/h1-2,4-5H,3,6-9H2,(H3-,16,17,18,22,23,26,27)/p+1. The summed E-state index contributed by atoms with van der Waals surface area (Å²) >= 11 is 10.3. The number of carbonyl (C=O) groups excluding carboxylic acids is 1. The van der Waals surface area contributed by atoms with Crippen molar-refractivity contribution in [3.8, 4) is 0 Å². The van der Waals surface area contributed by atoms with E-state index in [1.54, 1.807) is 12.1 Å².